The average Bonchev–Trinajstić information content (AvgIpc) is 3.24. The number of hydrogen-bond acceptors (Lipinski definition) is 4. The molecule has 124 valence electrons. The number of allylic oxidation sites excluding steroid dienone is 2. The fourth-order valence-corrected chi connectivity index (χ4v) is 4.13. The van der Waals surface area contributed by atoms with Crippen molar-refractivity contribution in [2.45, 2.75) is 13.0 Å². The van der Waals surface area contributed by atoms with Crippen LogP contribution in [0.5, 0.6) is 5.75 Å². The summed E-state index contributed by atoms with van der Waals surface area (Å²) >= 11 is 0. The summed E-state index contributed by atoms with van der Waals surface area (Å²) in [4.78, 5) is 38.2. The van der Waals surface area contributed by atoms with E-state index in [4.69, 9.17) is 0 Å². The lowest BCUT2D eigenvalue weighted by atomic mass is 9.85. The van der Waals surface area contributed by atoms with Gasteiger partial charge in [-0.1, -0.05) is 24.3 Å². The van der Waals surface area contributed by atoms with Crippen LogP contribution >= 0.6 is 0 Å². The average molecular weight is 326 g/mol. The van der Waals surface area contributed by atoms with Crippen LogP contribution in [0, 0.1) is 23.7 Å². The Balaban J connectivity index is 1.37. The van der Waals surface area contributed by atoms with E-state index < -0.39 is 0 Å². The van der Waals surface area contributed by atoms with Crippen LogP contribution in [0.4, 0.5) is 0 Å². The third kappa shape index (κ3) is 2.29. The van der Waals surface area contributed by atoms with E-state index >= 15 is 0 Å². The highest BCUT2D eigenvalue weighted by Gasteiger charge is 2.59. The van der Waals surface area contributed by atoms with E-state index in [9.17, 15) is 19.5 Å². The van der Waals surface area contributed by atoms with Gasteiger partial charge in [0, 0.05) is 6.54 Å². The summed E-state index contributed by atoms with van der Waals surface area (Å²) in [6, 6.07) is 6.49. The molecule has 24 heavy (non-hydrogen) atoms. The number of fused-ring (bicyclic) bond motifs is 5. The lowest BCUT2D eigenvalue weighted by Crippen LogP contribution is -2.41. The number of benzene rings is 1. The summed E-state index contributed by atoms with van der Waals surface area (Å²) in [5.41, 5.74) is 0.833. The fourth-order valence-electron chi connectivity index (χ4n) is 4.13. The molecular formula is C18H18N2O4. The smallest absolute Gasteiger partial charge is 0.240 e. The molecule has 1 aromatic rings. The zero-order valence-electron chi connectivity index (χ0n) is 13.0. The van der Waals surface area contributed by atoms with Crippen molar-refractivity contribution in [2.75, 3.05) is 6.54 Å². The van der Waals surface area contributed by atoms with Gasteiger partial charge in [-0.25, -0.2) is 0 Å². The van der Waals surface area contributed by atoms with E-state index in [1.807, 2.05) is 12.2 Å². The van der Waals surface area contributed by atoms with Gasteiger partial charge < -0.3 is 10.4 Å². The second-order valence-electron chi connectivity index (χ2n) is 6.71. The summed E-state index contributed by atoms with van der Waals surface area (Å²) in [5.74, 6) is -0.834. The number of phenolic OH excluding ortho intramolecular Hbond substituents is 1. The van der Waals surface area contributed by atoms with Gasteiger partial charge in [-0.2, -0.15) is 0 Å². The van der Waals surface area contributed by atoms with Crippen LogP contribution in [0.1, 0.15) is 12.0 Å². The quantitative estimate of drug-likeness (QED) is 0.633. The normalized spacial score (nSPS) is 30.1. The van der Waals surface area contributed by atoms with E-state index in [0.717, 1.165) is 16.9 Å². The molecule has 1 aromatic carbocycles. The van der Waals surface area contributed by atoms with Gasteiger partial charge in [-0.05, 0) is 36.0 Å². The first-order valence-electron chi connectivity index (χ1n) is 8.13. The molecule has 2 N–H and O–H groups in total. The van der Waals surface area contributed by atoms with Crippen LogP contribution in [0.2, 0.25) is 0 Å². The van der Waals surface area contributed by atoms with Crippen LogP contribution < -0.4 is 5.32 Å². The molecule has 4 rings (SSSR count). The van der Waals surface area contributed by atoms with Gasteiger partial charge in [-0.3, -0.25) is 19.3 Å². The van der Waals surface area contributed by atoms with Crippen LogP contribution in [0.15, 0.2) is 36.4 Å². The first kappa shape index (κ1) is 14.9. The minimum absolute atomic E-state index is 0.154. The maximum Gasteiger partial charge on any atom is 0.240 e. The maximum absolute atomic E-state index is 12.5. The van der Waals surface area contributed by atoms with Crippen LogP contribution in [-0.4, -0.2) is 34.3 Å². The molecule has 2 fully saturated rings. The van der Waals surface area contributed by atoms with Gasteiger partial charge >= 0.3 is 0 Å². The summed E-state index contributed by atoms with van der Waals surface area (Å²) in [6.07, 6.45) is 4.95. The van der Waals surface area contributed by atoms with Crippen LogP contribution in [0.25, 0.3) is 0 Å². The first-order chi connectivity index (χ1) is 11.5. The molecule has 0 radical (unpaired) electrons. The Labute approximate surface area is 139 Å². The standard InChI is InChI=1S/C18H18N2O4/c21-13-5-1-10(2-6-13)8-19-14(22)9-20-17(23)15-11-3-4-12(7-11)16(15)18(20)24/h1-6,11-12,15-16,21H,7-9H2,(H,19,22)/t11-,12-,15+,16+/m0/s1. The van der Waals surface area contributed by atoms with E-state index in [1.54, 1.807) is 24.3 Å². The van der Waals surface area contributed by atoms with E-state index in [-0.39, 0.29) is 60.2 Å². The number of nitrogens with one attached hydrogen (secondary N) is 1. The molecule has 3 aliphatic rings. The highest BCUT2D eigenvalue weighted by atomic mass is 16.3. The minimum atomic E-state index is -0.356. The second-order valence-corrected chi connectivity index (χ2v) is 6.71. The van der Waals surface area contributed by atoms with Crippen LogP contribution in [-0.2, 0) is 20.9 Å². The summed E-state index contributed by atoms with van der Waals surface area (Å²) in [7, 11) is 0. The zero-order chi connectivity index (χ0) is 16.8. The Morgan fingerprint density at radius 2 is 1.67 bits per heavy atom. The monoisotopic (exact) mass is 326 g/mol. The number of phenols is 1. The Kier molecular flexibility index (Phi) is 3.40. The van der Waals surface area contributed by atoms with Crippen molar-refractivity contribution in [2.24, 2.45) is 23.7 Å². The summed E-state index contributed by atoms with van der Waals surface area (Å²) < 4.78 is 0. The number of likely N-dealkylation sites (tertiary alicyclic amines) is 1. The molecular weight excluding hydrogens is 308 g/mol. The molecule has 2 bridgehead atoms. The lowest BCUT2D eigenvalue weighted by molar-refractivity contribution is -0.144. The van der Waals surface area contributed by atoms with E-state index in [1.165, 1.54) is 0 Å². The number of rotatable bonds is 4. The number of hydrogen-bond donors (Lipinski definition) is 2. The fraction of sp³-hybridized carbons (Fsp3) is 0.389. The van der Waals surface area contributed by atoms with Gasteiger partial charge in [0.1, 0.15) is 12.3 Å². The number of carbonyl (C=O) groups is 3. The number of amides is 3. The Hall–Kier alpha value is -2.63. The largest absolute Gasteiger partial charge is 0.508 e. The number of carbonyl (C=O) groups excluding carboxylic acids is 3. The third-order valence-corrected chi connectivity index (χ3v) is 5.29. The van der Waals surface area contributed by atoms with Gasteiger partial charge in [-0.15, -0.1) is 0 Å². The van der Waals surface area contributed by atoms with E-state index in [0.29, 0.717) is 0 Å². The van der Waals surface area contributed by atoms with Crippen molar-refractivity contribution in [3.63, 3.8) is 0 Å². The summed E-state index contributed by atoms with van der Waals surface area (Å²) in [5, 5.41) is 11.9. The molecule has 0 spiro atoms. The van der Waals surface area contributed by atoms with E-state index in [2.05, 4.69) is 5.32 Å². The number of aromatic hydroxyl groups is 1. The SMILES string of the molecule is O=C(CN1C(=O)[C@H]2[C@H](C1=O)[C@H]1C=C[C@H]2C1)NCc1ccc(O)cc1. The molecule has 1 saturated carbocycles. The highest BCUT2D eigenvalue weighted by Crippen LogP contribution is 2.52. The third-order valence-electron chi connectivity index (χ3n) is 5.29. The van der Waals surface area contributed by atoms with Crippen molar-refractivity contribution in [3.05, 3.63) is 42.0 Å². The molecule has 1 saturated heterocycles. The number of imide groups is 1. The summed E-state index contributed by atoms with van der Waals surface area (Å²) in [6.45, 7) is 0.0667. The van der Waals surface area contributed by atoms with Gasteiger partial charge in [0.2, 0.25) is 17.7 Å². The predicted octanol–water partition coefficient (Wildman–Crippen LogP) is 0.815. The zero-order valence-corrected chi connectivity index (χ0v) is 13.0. The van der Waals surface area contributed by atoms with Crippen molar-refractivity contribution >= 4 is 17.7 Å². The topological polar surface area (TPSA) is 86.7 Å². The molecule has 1 heterocycles. The first-order valence-corrected chi connectivity index (χ1v) is 8.13. The molecule has 1 aliphatic heterocycles. The maximum atomic E-state index is 12.5. The second kappa shape index (κ2) is 5.47. The molecule has 4 atom stereocenters. The minimum Gasteiger partial charge on any atom is -0.508 e. The van der Waals surface area contributed by atoms with Crippen molar-refractivity contribution in [1.82, 2.24) is 10.2 Å². The molecule has 6 heteroatoms. The van der Waals surface area contributed by atoms with Crippen molar-refractivity contribution < 1.29 is 19.5 Å². The van der Waals surface area contributed by atoms with Crippen molar-refractivity contribution in [1.29, 1.82) is 0 Å². The Morgan fingerprint density at radius 3 is 2.25 bits per heavy atom. The molecule has 0 aromatic heterocycles. The molecule has 2 aliphatic carbocycles. The lowest BCUT2D eigenvalue weighted by Gasteiger charge is -2.16. The highest BCUT2D eigenvalue weighted by molar-refractivity contribution is 6.08. The van der Waals surface area contributed by atoms with Gasteiger partial charge in [0.15, 0.2) is 0 Å². The molecule has 0 unspecified atom stereocenters. The van der Waals surface area contributed by atoms with Crippen LogP contribution in [0.3, 0.4) is 0 Å². The van der Waals surface area contributed by atoms with Gasteiger partial charge in [0.05, 0.1) is 11.8 Å². The Bertz CT molecular complexity index is 710. The predicted molar refractivity (Wildman–Crippen MR) is 84.4 cm³/mol. The molecule has 3 amide bonds. The number of nitrogens with zero attached hydrogens (tertiary/aromatic N) is 1. The molecule has 6 nitrogen and oxygen atoms in total. The Morgan fingerprint density at radius 1 is 1.08 bits per heavy atom. The van der Waals surface area contributed by atoms with Crippen molar-refractivity contribution in [3.8, 4) is 5.75 Å². The van der Waals surface area contributed by atoms with Gasteiger partial charge in [0.25, 0.3) is 0 Å².